The van der Waals surface area contributed by atoms with Gasteiger partial charge in [0.25, 0.3) is 0 Å². The third-order valence-electron chi connectivity index (χ3n) is 3.49. The Labute approximate surface area is 173 Å². The number of rotatable bonds is 5. The van der Waals surface area contributed by atoms with Crippen LogP contribution in [0.5, 0.6) is 0 Å². The van der Waals surface area contributed by atoms with Crippen LogP contribution in [0, 0.1) is 0 Å². The summed E-state index contributed by atoms with van der Waals surface area (Å²) in [4.78, 5) is 13.4. The number of benzene rings is 2. The molecule has 0 spiro atoms. The van der Waals surface area contributed by atoms with Crippen LogP contribution in [0.25, 0.3) is 0 Å². The van der Waals surface area contributed by atoms with E-state index in [0.29, 0.717) is 0 Å². The summed E-state index contributed by atoms with van der Waals surface area (Å²) in [5, 5.41) is -3.01. The van der Waals surface area contributed by atoms with Gasteiger partial charge in [0, 0.05) is 5.56 Å². The van der Waals surface area contributed by atoms with E-state index >= 15 is 0 Å². The average molecular weight is 423 g/mol. The van der Waals surface area contributed by atoms with E-state index in [2.05, 4.69) is 0 Å². The van der Waals surface area contributed by atoms with Gasteiger partial charge < -0.3 is 15.0 Å². The standard InChI is InChI=1S/C18H14F3NO5S/c19-18(20,21)12-8-6-10(7-9-12)15-14(23)13(17(22)27-15)16(28(24,25)26)11-4-2-1-3-5-11/h1-9,15-16H,22H2,(H,24,25,26)/p-1/i1D,2D,3D,4D,5D,6D,7D,8D,9D/hD2. The van der Waals surface area contributed by atoms with Crippen LogP contribution in [0.3, 0.4) is 0 Å². The SMILES string of the molecule is [2H]c1c([2H])c([2H])c(C(C2=C(N([2H])[2H])OC(c3c([2H])c([2H])c(C(F)(F)F)c([2H])c3[2H])C2=O)S(=O)(=O)[O-])c([2H])c1[2H]. The highest BCUT2D eigenvalue weighted by atomic mass is 32.2. The molecule has 2 N–H and O–H groups in total. The molecule has 0 bridgehead atoms. The van der Waals surface area contributed by atoms with E-state index in [0.717, 1.165) is 0 Å². The van der Waals surface area contributed by atoms with Crippen molar-refractivity contribution in [1.82, 2.24) is 0 Å². The van der Waals surface area contributed by atoms with Crippen LogP contribution in [0.4, 0.5) is 13.2 Å². The summed E-state index contributed by atoms with van der Waals surface area (Å²) in [5.41, 5.74) is -6.44. The lowest BCUT2D eigenvalue weighted by Gasteiger charge is -2.21. The fourth-order valence-electron chi connectivity index (χ4n) is 2.33. The van der Waals surface area contributed by atoms with Gasteiger partial charge in [-0.05, 0) is 17.6 Å². The highest BCUT2D eigenvalue weighted by Crippen LogP contribution is 2.41. The second kappa shape index (κ2) is 6.95. The smallest absolute Gasteiger partial charge is 0.416 e. The van der Waals surface area contributed by atoms with Gasteiger partial charge in [0.05, 0.1) is 23.5 Å². The van der Waals surface area contributed by atoms with Crippen molar-refractivity contribution in [2.24, 2.45) is 5.72 Å². The van der Waals surface area contributed by atoms with Crippen molar-refractivity contribution in [3.63, 3.8) is 0 Å². The summed E-state index contributed by atoms with van der Waals surface area (Å²) in [5.74, 6) is -3.13. The third kappa shape index (κ3) is 3.73. The lowest BCUT2D eigenvalue weighted by Crippen LogP contribution is -2.21. The number of hydrogen-bond donors (Lipinski definition) is 1. The van der Waals surface area contributed by atoms with Crippen LogP contribution in [0.1, 0.15) is 40.4 Å². The number of nitrogens with two attached hydrogens (primary N) is 1. The van der Waals surface area contributed by atoms with Crippen LogP contribution in [0.2, 0.25) is 2.82 Å². The molecule has 0 saturated carbocycles. The predicted octanol–water partition coefficient (Wildman–Crippen LogP) is 2.80. The van der Waals surface area contributed by atoms with Gasteiger partial charge in [0.1, 0.15) is 15.4 Å². The number of carbonyl (C=O) groups is 1. The van der Waals surface area contributed by atoms with Crippen molar-refractivity contribution in [2.45, 2.75) is 17.5 Å². The molecule has 2 aromatic rings. The van der Waals surface area contributed by atoms with E-state index in [4.69, 9.17) is 19.9 Å². The van der Waals surface area contributed by atoms with Crippen molar-refractivity contribution in [2.75, 3.05) is 0 Å². The molecular weight excluding hydrogens is 399 g/mol. The zero-order valence-electron chi connectivity index (χ0n) is 24.2. The molecule has 0 amide bonds. The maximum absolute atomic E-state index is 13.4. The molecule has 2 aromatic carbocycles. The molecule has 10 heteroatoms. The first-order valence-corrected chi connectivity index (χ1v) is 8.55. The molecule has 0 aromatic heterocycles. The summed E-state index contributed by atoms with van der Waals surface area (Å²) < 4.78 is 167. The minimum Gasteiger partial charge on any atom is -0.747 e. The molecule has 0 fully saturated rings. The normalized spacial score (nSPS) is 24.2. The zero-order chi connectivity index (χ0) is 30.1. The van der Waals surface area contributed by atoms with Crippen molar-refractivity contribution in [1.29, 1.82) is 0 Å². The molecule has 6 nitrogen and oxygen atoms in total. The number of hydrogen-bond acceptors (Lipinski definition) is 6. The van der Waals surface area contributed by atoms with E-state index < -0.39 is 122 Å². The van der Waals surface area contributed by atoms with E-state index in [-0.39, 0.29) is 0 Å². The van der Waals surface area contributed by atoms with Crippen molar-refractivity contribution >= 4 is 15.9 Å². The third-order valence-corrected chi connectivity index (χ3v) is 4.53. The van der Waals surface area contributed by atoms with Crippen LogP contribution in [-0.2, 0) is 25.8 Å². The zero-order valence-corrected chi connectivity index (χ0v) is 14.0. The Kier molecular flexibility index (Phi) is 2.50. The largest absolute Gasteiger partial charge is 0.747 e. The molecule has 2 unspecified atom stereocenters. The summed E-state index contributed by atoms with van der Waals surface area (Å²) in [6.45, 7) is 0. The number of ketones is 1. The van der Waals surface area contributed by atoms with E-state index in [1.54, 1.807) is 0 Å². The number of Topliss-reactive ketones (excluding diaryl/α,β-unsaturated/α-hetero) is 1. The summed E-state index contributed by atoms with van der Waals surface area (Å²) in [7, 11) is -5.95. The second-order valence-corrected chi connectivity index (χ2v) is 6.74. The molecule has 0 saturated heterocycles. The molecule has 1 aliphatic rings. The lowest BCUT2D eigenvalue weighted by atomic mass is 9.96. The fourth-order valence-corrected chi connectivity index (χ4v) is 3.24. The summed E-state index contributed by atoms with van der Waals surface area (Å²) >= 11 is 0. The van der Waals surface area contributed by atoms with Crippen LogP contribution < -0.4 is 5.72 Å². The Morgan fingerprint density at radius 1 is 1.14 bits per heavy atom. The van der Waals surface area contributed by atoms with Gasteiger partial charge in [-0.3, -0.25) is 4.79 Å². The number of alkyl halides is 3. The van der Waals surface area contributed by atoms with Gasteiger partial charge in [0.2, 0.25) is 5.78 Å². The lowest BCUT2D eigenvalue weighted by molar-refractivity contribution is -0.137. The predicted molar refractivity (Wildman–Crippen MR) is 90.4 cm³/mol. The minimum atomic E-state index is -5.95. The van der Waals surface area contributed by atoms with E-state index in [9.17, 15) is 30.9 Å². The Morgan fingerprint density at radius 3 is 2.25 bits per heavy atom. The van der Waals surface area contributed by atoms with Gasteiger partial charge in [-0.15, -0.1) is 0 Å². The van der Waals surface area contributed by atoms with Crippen LogP contribution in [0.15, 0.2) is 65.8 Å². The highest BCUT2D eigenvalue weighted by molar-refractivity contribution is 7.86. The average Bonchev–Trinajstić information content (AvgIpc) is 3.13. The van der Waals surface area contributed by atoms with Crippen LogP contribution in [-0.4, -0.2) is 18.8 Å². The van der Waals surface area contributed by atoms with Gasteiger partial charge in [0.15, 0.2) is 14.8 Å². The van der Waals surface area contributed by atoms with Crippen molar-refractivity contribution in [3.05, 3.63) is 82.5 Å². The summed E-state index contributed by atoms with van der Waals surface area (Å²) in [6.07, 6.45) is -7.88. The first kappa shape index (κ1) is 10.1. The molecule has 28 heavy (non-hydrogen) atoms. The second-order valence-electron chi connectivity index (χ2n) is 5.28. The maximum Gasteiger partial charge on any atom is 0.416 e. The first-order chi connectivity index (χ1) is 17.7. The Hall–Kier alpha value is -2.85. The van der Waals surface area contributed by atoms with E-state index in [1.165, 1.54) is 0 Å². The van der Waals surface area contributed by atoms with E-state index in [1.807, 2.05) is 0 Å². The molecule has 3 rings (SSSR count). The Bertz CT molecular complexity index is 1510. The molecule has 2 atom stereocenters. The minimum absolute atomic E-state index is 0.554. The summed E-state index contributed by atoms with van der Waals surface area (Å²) in [6, 6.07) is -12.0. The van der Waals surface area contributed by atoms with Crippen molar-refractivity contribution in [3.8, 4) is 0 Å². The van der Waals surface area contributed by atoms with Gasteiger partial charge in [-0.25, -0.2) is 8.42 Å². The first-order valence-electron chi connectivity index (χ1n) is 12.5. The molecule has 0 aliphatic carbocycles. The quantitative estimate of drug-likeness (QED) is 0.741. The molecule has 1 aliphatic heterocycles. The highest BCUT2D eigenvalue weighted by Gasteiger charge is 2.42. The number of halogens is 3. The number of carbonyl (C=O) groups excluding carboxylic acids is 1. The topological polar surface area (TPSA) is 110 Å². The molecule has 148 valence electrons. The van der Waals surface area contributed by atoms with Gasteiger partial charge in [-0.2, -0.15) is 13.2 Å². The Morgan fingerprint density at radius 2 is 1.75 bits per heavy atom. The molecule has 0 radical (unpaired) electrons. The molecule has 1 heterocycles. The maximum atomic E-state index is 13.4. The van der Waals surface area contributed by atoms with Crippen molar-refractivity contribution < 1.29 is 50.8 Å². The molecular formula is C18H13F3NO5S-. The van der Waals surface area contributed by atoms with Crippen LogP contribution >= 0.6 is 0 Å². The number of ether oxygens (including phenoxy) is 1. The van der Waals surface area contributed by atoms with Gasteiger partial charge >= 0.3 is 6.18 Å². The fraction of sp³-hybridized carbons (Fsp3) is 0.167. The monoisotopic (exact) mass is 423 g/mol. The Balaban J connectivity index is 2.37. The van der Waals surface area contributed by atoms with Gasteiger partial charge in [-0.1, -0.05) is 42.3 Å².